The fraction of sp³-hybridized carbons (Fsp3) is 0.643. The van der Waals surface area contributed by atoms with Crippen LogP contribution >= 0.6 is 15.9 Å². The van der Waals surface area contributed by atoms with Gasteiger partial charge in [0.05, 0.1) is 10.6 Å². The highest BCUT2D eigenvalue weighted by Crippen LogP contribution is 2.20. The molecule has 19 heavy (non-hydrogen) atoms. The van der Waals surface area contributed by atoms with Crippen molar-refractivity contribution in [3.63, 3.8) is 0 Å². The van der Waals surface area contributed by atoms with E-state index in [-0.39, 0.29) is 0 Å². The molecule has 0 bridgehead atoms. The quantitative estimate of drug-likeness (QED) is 0.789. The fourth-order valence-corrected chi connectivity index (χ4v) is 2.76. The van der Waals surface area contributed by atoms with Gasteiger partial charge in [-0.05, 0) is 66.8 Å². The van der Waals surface area contributed by atoms with Crippen molar-refractivity contribution in [2.24, 2.45) is 0 Å². The van der Waals surface area contributed by atoms with Gasteiger partial charge in [0, 0.05) is 19.3 Å². The van der Waals surface area contributed by atoms with Gasteiger partial charge in [0.25, 0.3) is 0 Å². The van der Waals surface area contributed by atoms with Crippen molar-refractivity contribution < 1.29 is 4.74 Å². The molecule has 1 aliphatic rings. The van der Waals surface area contributed by atoms with Gasteiger partial charge in [0.1, 0.15) is 5.82 Å². The molecule has 5 heteroatoms. The number of ether oxygens (including phenoxy) is 1. The molecule has 0 radical (unpaired) electrons. The lowest BCUT2D eigenvalue weighted by atomic mass is 10.1. The standard InChI is InChI=1S/C14H22BrN3O/c1-11-9-13(15)14(18-10-11)17-5-2-8-19-12-3-6-16-7-4-12/h9-10,12,16H,2-8H2,1H3,(H,17,18). The summed E-state index contributed by atoms with van der Waals surface area (Å²) in [6.07, 6.45) is 5.60. The van der Waals surface area contributed by atoms with Gasteiger partial charge in [-0.2, -0.15) is 0 Å². The summed E-state index contributed by atoms with van der Waals surface area (Å²) in [6, 6.07) is 2.07. The van der Waals surface area contributed by atoms with Crippen LogP contribution in [-0.4, -0.2) is 37.3 Å². The molecule has 1 saturated heterocycles. The third-order valence-electron chi connectivity index (χ3n) is 3.23. The van der Waals surface area contributed by atoms with E-state index < -0.39 is 0 Å². The van der Waals surface area contributed by atoms with Gasteiger partial charge < -0.3 is 15.4 Å². The molecule has 2 rings (SSSR count). The van der Waals surface area contributed by atoms with E-state index in [1.54, 1.807) is 0 Å². The highest BCUT2D eigenvalue weighted by Gasteiger charge is 2.12. The van der Waals surface area contributed by atoms with Gasteiger partial charge in [-0.15, -0.1) is 0 Å². The molecule has 0 atom stereocenters. The summed E-state index contributed by atoms with van der Waals surface area (Å²) in [5, 5.41) is 6.67. The smallest absolute Gasteiger partial charge is 0.140 e. The van der Waals surface area contributed by atoms with Crippen molar-refractivity contribution in [3.8, 4) is 0 Å². The van der Waals surface area contributed by atoms with E-state index in [1.165, 1.54) is 0 Å². The van der Waals surface area contributed by atoms with Gasteiger partial charge in [0.15, 0.2) is 0 Å². The maximum atomic E-state index is 5.86. The molecule has 4 nitrogen and oxygen atoms in total. The normalized spacial score (nSPS) is 16.5. The summed E-state index contributed by atoms with van der Waals surface area (Å²) in [5.74, 6) is 0.910. The lowest BCUT2D eigenvalue weighted by Gasteiger charge is -2.22. The second-order valence-electron chi connectivity index (χ2n) is 4.94. The molecule has 0 amide bonds. The summed E-state index contributed by atoms with van der Waals surface area (Å²) < 4.78 is 6.88. The zero-order valence-electron chi connectivity index (χ0n) is 11.4. The predicted octanol–water partition coefficient (Wildman–Crippen LogP) is 2.72. The van der Waals surface area contributed by atoms with Crippen LogP contribution in [0.5, 0.6) is 0 Å². The molecular formula is C14H22BrN3O. The van der Waals surface area contributed by atoms with Crippen molar-refractivity contribution in [3.05, 3.63) is 22.3 Å². The molecule has 106 valence electrons. The first kappa shape index (κ1) is 14.8. The monoisotopic (exact) mass is 327 g/mol. The van der Waals surface area contributed by atoms with Crippen molar-refractivity contribution in [2.75, 3.05) is 31.6 Å². The largest absolute Gasteiger partial charge is 0.378 e. The lowest BCUT2D eigenvalue weighted by Crippen LogP contribution is -2.32. The highest BCUT2D eigenvalue weighted by molar-refractivity contribution is 9.10. The number of hydrogen-bond donors (Lipinski definition) is 2. The van der Waals surface area contributed by atoms with E-state index >= 15 is 0 Å². The van der Waals surface area contributed by atoms with Crippen LogP contribution in [0.4, 0.5) is 5.82 Å². The number of nitrogens with one attached hydrogen (secondary N) is 2. The summed E-state index contributed by atoms with van der Waals surface area (Å²) in [6.45, 7) is 5.92. The number of hydrogen-bond acceptors (Lipinski definition) is 4. The predicted molar refractivity (Wildman–Crippen MR) is 81.6 cm³/mol. The van der Waals surface area contributed by atoms with E-state index in [1.807, 2.05) is 13.1 Å². The molecule has 1 fully saturated rings. The van der Waals surface area contributed by atoms with E-state index in [0.717, 1.165) is 61.4 Å². The van der Waals surface area contributed by atoms with Crippen LogP contribution in [0.25, 0.3) is 0 Å². The molecule has 1 aromatic heterocycles. The first-order chi connectivity index (χ1) is 9.25. The van der Waals surface area contributed by atoms with Gasteiger partial charge in [-0.1, -0.05) is 0 Å². The Morgan fingerprint density at radius 3 is 3.00 bits per heavy atom. The molecule has 1 aliphatic heterocycles. The second kappa shape index (κ2) is 7.82. The van der Waals surface area contributed by atoms with E-state index in [4.69, 9.17) is 4.74 Å². The Morgan fingerprint density at radius 1 is 1.47 bits per heavy atom. The third-order valence-corrected chi connectivity index (χ3v) is 3.84. The molecule has 0 saturated carbocycles. The molecule has 0 aromatic carbocycles. The number of nitrogens with zero attached hydrogens (tertiary/aromatic N) is 1. The van der Waals surface area contributed by atoms with E-state index in [0.29, 0.717) is 6.10 Å². The molecule has 1 aromatic rings. The number of rotatable bonds is 6. The average molecular weight is 328 g/mol. The zero-order valence-corrected chi connectivity index (χ0v) is 13.0. The Balaban J connectivity index is 1.61. The first-order valence-corrected chi connectivity index (χ1v) is 7.73. The number of aryl methyl sites for hydroxylation is 1. The number of anilines is 1. The molecule has 0 unspecified atom stereocenters. The summed E-state index contributed by atoms with van der Waals surface area (Å²) in [7, 11) is 0. The van der Waals surface area contributed by atoms with Crippen LogP contribution < -0.4 is 10.6 Å². The number of aromatic nitrogens is 1. The lowest BCUT2D eigenvalue weighted by molar-refractivity contribution is 0.0329. The molecule has 2 heterocycles. The van der Waals surface area contributed by atoms with Crippen LogP contribution in [0.2, 0.25) is 0 Å². The van der Waals surface area contributed by atoms with Crippen LogP contribution in [-0.2, 0) is 4.74 Å². The fourth-order valence-electron chi connectivity index (χ4n) is 2.15. The van der Waals surface area contributed by atoms with Gasteiger partial charge >= 0.3 is 0 Å². The number of piperidine rings is 1. The Labute approximate surface area is 123 Å². The topological polar surface area (TPSA) is 46.2 Å². The van der Waals surface area contributed by atoms with Crippen molar-refractivity contribution in [1.29, 1.82) is 0 Å². The van der Waals surface area contributed by atoms with Crippen LogP contribution in [0.1, 0.15) is 24.8 Å². The molecule has 0 spiro atoms. The number of pyridine rings is 1. The van der Waals surface area contributed by atoms with E-state index in [2.05, 4.69) is 37.6 Å². The maximum Gasteiger partial charge on any atom is 0.140 e. The average Bonchev–Trinajstić information content (AvgIpc) is 2.42. The van der Waals surface area contributed by atoms with Crippen molar-refractivity contribution in [1.82, 2.24) is 10.3 Å². The molecular weight excluding hydrogens is 306 g/mol. The van der Waals surface area contributed by atoms with Gasteiger partial charge in [-0.3, -0.25) is 0 Å². The minimum Gasteiger partial charge on any atom is -0.378 e. The third kappa shape index (κ3) is 5.09. The van der Waals surface area contributed by atoms with Crippen molar-refractivity contribution in [2.45, 2.75) is 32.3 Å². The zero-order chi connectivity index (χ0) is 13.5. The maximum absolute atomic E-state index is 5.86. The Kier molecular flexibility index (Phi) is 6.07. The Bertz CT molecular complexity index is 394. The molecule has 2 N–H and O–H groups in total. The van der Waals surface area contributed by atoms with Crippen LogP contribution in [0.3, 0.4) is 0 Å². The SMILES string of the molecule is Cc1cnc(NCCCOC2CCNCC2)c(Br)c1. The van der Waals surface area contributed by atoms with E-state index in [9.17, 15) is 0 Å². The van der Waals surface area contributed by atoms with Gasteiger partial charge in [0.2, 0.25) is 0 Å². The highest BCUT2D eigenvalue weighted by atomic mass is 79.9. The minimum atomic E-state index is 0.450. The van der Waals surface area contributed by atoms with Gasteiger partial charge in [-0.25, -0.2) is 4.98 Å². The first-order valence-electron chi connectivity index (χ1n) is 6.94. The summed E-state index contributed by atoms with van der Waals surface area (Å²) in [5.41, 5.74) is 1.16. The Hall–Kier alpha value is -0.650. The summed E-state index contributed by atoms with van der Waals surface area (Å²) in [4.78, 5) is 4.36. The van der Waals surface area contributed by atoms with Crippen molar-refractivity contribution >= 4 is 21.7 Å². The molecule has 0 aliphatic carbocycles. The Morgan fingerprint density at radius 2 is 2.26 bits per heavy atom. The number of halogens is 1. The summed E-state index contributed by atoms with van der Waals surface area (Å²) >= 11 is 3.52. The minimum absolute atomic E-state index is 0.450. The van der Waals surface area contributed by atoms with Crippen LogP contribution in [0, 0.1) is 6.92 Å². The second-order valence-corrected chi connectivity index (χ2v) is 5.80. The van der Waals surface area contributed by atoms with Crippen LogP contribution in [0.15, 0.2) is 16.7 Å².